The number of aliphatic hydroxyl groups is 3. The van der Waals surface area contributed by atoms with Crippen LogP contribution in [0.2, 0.25) is 0 Å². The number of alkyl halides is 2. The van der Waals surface area contributed by atoms with Crippen LogP contribution in [0.25, 0.3) is 33.8 Å². The van der Waals surface area contributed by atoms with E-state index in [9.17, 15) is 44.2 Å². The first-order valence-electron chi connectivity index (χ1n) is 25.5. The molecule has 0 aromatic carbocycles. The van der Waals surface area contributed by atoms with Gasteiger partial charge in [0.05, 0.1) is 115 Å². The van der Waals surface area contributed by atoms with Crippen LogP contribution in [0.5, 0.6) is 0 Å². The molecule has 6 aliphatic carbocycles. The van der Waals surface area contributed by atoms with Gasteiger partial charge in [-0.05, 0) is 153 Å². The molecule has 394 valence electrons. The molecule has 0 radical (unpaired) electrons. The number of carbonyl (C=O) groups is 2. The van der Waals surface area contributed by atoms with E-state index in [1.165, 1.54) is 52.5 Å². The third-order valence-electron chi connectivity index (χ3n) is 16.1. The van der Waals surface area contributed by atoms with Gasteiger partial charge in [-0.25, -0.2) is 17.8 Å². The maximum atomic E-state index is 14.4. The van der Waals surface area contributed by atoms with Crippen LogP contribution in [0.1, 0.15) is 137 Å². The molecule has 6 saturated carbocycles. The number of halogens is 2. The number of nitrogens with zero attached hydrogens (tertiary/aromatic N) is 8. The van der Waals surface area contributed by atoms with Crippen molar-refractivity contribution >= 4 is 34.2 Å². The summed E-state index contributed by atoms with van der Waals surface area (Å²) in [4.78, 5) is 35.4. The van der Waals surface area contributed by atoms with Crippen LogP contribution in [0.4, 0.5) is 20.2 Å². The zero-order valence-electron chi connectivity index (χ0n) is 42.9. The molecule has 0 aliphatic heterocycles. The molecular formula is C55H64F2N12O6. The number of hydrogen-bond acceptors (Lipinski definition) is 14. The number of rotatable bonds is 15. The summed E-state index contributed by atoms with van der Waals surface area (Å²) in [5.74, 6) is -0.964. The molecule has 6 aliphatic rings. The third kappa shape index (κ3) is 11.0. The Labute approximate surface area is 433 Å². The largest absolute Gasteiger partial charge is 0.390 e. The Hall–Kier alpha value is -7.10. The zero-order valence-corrected chi connectivity index (χ0v) is 42.9. The van der Waals surface area contributed by atoms with Gasteiger partial charge >= 0.3 is 0 Å². The minimum Gasteiger partial charge on any atom is -0.390 e. The molecule has 0 saturated heterocycles. The Morgan fingerprint density at radius 2 is 1.04 bits per heavy atom. The Balaban J connectivity index is 0.000000184. The molecule has 0 spiro atoms. The van der Waals surface area contributed by atoms with Gasteiger partial charge in [-0.3, -0.25) is 19.6 Å². The summed E-state index contributed by atoms with van der Waals surface area (Å²) in [6, 6.07) is 18.7. The number of ether oxygens (including phenoxy) is 1. The van der Waals surface area contributed by atoms with Gasteiger partial charge in [0.2, 0.25) is 0 Å². The first-order chi connectivity index (χ1) is 35.6. The van der Waals surface area contributed by atoms with Gasteiger partial charge in [0, 0.05) is 30.6 Å². The highest BCUT2D eigenvalue weighted by Crippen LogP contribution is 2.51. The molecule has 4 bridgehead atoms. The monoisotopic (exact) mass is 1030 g/mol. The summed E-state index contributed by atoms with van der Waals surface area (Å²) in [5, 5.41) is 70.1. The van der Waals surface area contributed by atoms with Crippen molar-refractivity contribution in [3.8, 4) is 34.9 Å². The molecule has 6 heterocycles. The second-order valence-corrected chi connectivity index (χ2v) is 22.1. The van der Waals surface area contributed by atoms with E-state index in [0.29, 0.717) is 70.1 Å². The number of hydrogen-bond donors (Lipinski definition) is 7. The van der Waals surface area contributed by atoms with Crippen LogP contribution in [0.3, 0.4) is 0 Å². The number of nitriles is 2. The minimum atomic E-state index is -1.63. The van der Waals surface area contributed by atoms with Gasteiger partial charge < -0.3 is 41.3 Å². The first kappa shape index (κ1) is 52.8. The summed E-state index contributed by atoms with van der Waals surface area (Å²) in [7, 11) is 1.78. The summed E-state index contributed by atoms with van der Waals surface area (Å²) < 4.78 is 37.9. The highest BCUT2D eigenvalue weighted by atomic mass is 19.1. The van der Waals surface area contributed by atoms with E-state index >= 15 is 0 Å². The van der Waals surface area contributed by atoms with E-state index in [0.717, 1.165) is 68.8 Å². The number of methoxy groups -OCH3 is 1. The van der Waals surface area contributed by atoms with Crippen LogP contribution < -0.4 is 21.3 Å². The third-order valence-corrected chi connectivity index (χ3v) is 16.1. The Kier molecular flexibility index (Phi) is 14.2. The molecule has 2 amide bonds. The smallest absolute Gasteiger partial charge is 0.255 e. The Bertz CT molecular complexity index is 3170. The molecule has 0 unspecified atom stereocenters. The molecule has 75 heavy (non-hydrogen) atoms. The molecule has 7 N–H and O–H groups in total. The number of fused-ring (bicyclic) bond motifs is 8. The predicted octanol–water partition coefficient (Wildman–Crippen LogP) is 7.37. The number of anilines is 2. The predicted molar refractivity (Wildman–Crippen MR) is 276 cm³/mol. The number of carbonyl (C=O) groups excluding carboxylic acids is 2. The Morgan fingerprint density at radius 1 is 0.653 bits per heavy atom. The minimum absolute atomic E-state index is 0.0565. The van der Waals surface area contributed by atoms with Gasteiger partial charge in [0.1, 0.15) is 24.5 Å². The van der Waals surface area contributed by atoms with Gasteiger partial charge in [-0.1, -0.05) is 0 Å². The van der Waals surface area contributed by atoms with Crippen molar-refractivity contribution in [3.63, 3.8) is 0 Å². The van der Waals surface area contributed by atoms with Crippen molar-refractivity contribution in [1.82, 2.24) is 39.8 Å². The molecule has 2 atom stereocenters. The second kappa shape index (κ2) is 20.2. The lowest BCUT2D eigenvalue weighted by Crippen LogP contribution is -2.54. The summed E-state index contributed by atoms with van der Waals surface area (Å²) in [6.45, 7) is 4.79. The van der Waals surface area contributed by atoms with E-state index in [2.05, 4.69) is 53.6 Å². The normalized spacial score (nSPS) is 23.8. The average Bonchev–Trinajstić information content (AvgIpc) is 4.04. The van der Waals surface area contributed by atoms with E-state index < -0.39 is 41.0 Å². The molecule has 12 rings (SSSR count). The SMILES string of the molecule is CC(C)(O)[C@H](F)CNC(=O)c1cnc(-c2ccc3cc(C#N)cnn23)cc1NC12CCC(O)(CC1)CC2.COC12CCC(Nc3cc(-c4ccc5cc(C#N)cnn45)ncc3C(=O)NC[C@@H](F)C(C)(C)O)(CC1)CC2. The summed E-state index contributed by atoms with van der Waals surface area (Å²) in [5.41, 5.74) is 2.53. The zero-order chi connectivity index (χ0) is 53.6. The van der Waals surface area contributed by atoms with Crippen LogP contribution in [-0.2, 0) is 4.74 Å². The van der Waals surface area contributed by atoms with Crippen molar-refractivity contribution in [3.05, 3.63) is 95.6 Å². The molecule has 6 aromatic heterocycles. The number of nitrogens with one attached hydrogen (secondary N) is 4. The maximum Gasteiger partial charge on any atom is 0.255 e. The first-order valence-corrected chi connectivity index (χ1v) is 25.5. The van der Waals surface area contributed by atoms with Crippen molar-refractivity contribution in [2.75, 3.05) is 30.8 Å². The number of pyridine rings is 2. The van der Waals surface area contributed by atoms with Gasteiger partial charge in [0.15, 0.2) is 0 Å². The second-order valence-electron chi connectivity index (χ2n) is 22.1. The highest BCUT2D eigenvalue weighted by molar-refractivity contribution is 6.01. The highest BCUT2D eigenvalue weighted by Gasteiger charge is 2.50. The van der Waals surface area contributed by atoms with E-state index in [1.807, 2.05) is 30.3 Å². The molecule has 20 heteroatoms. The quantitative estimate of drug-likeness (QED) is 0.0530. The molecule has 18 nitrogen and oxygen atoms in total. The van der Waals surface area contributed by atoms with Crippen molar-refractivity contribution in [2.24, 2.45) is 0 Å². The fourth-order valence-electron chi connectivity index (χ4n) is 10.9. The average molecular weight is 1030 g/mol. The number of amides is 2. The Morgan fingerprint density at radius 3 is 1.40 bits per heavy atom. The van der Waals surface area contributed by atoms with Crippen LogP contribution in [0, 0.1) is 22.7 Å². The lowest BCUT2D eigenvalue weighted by atomic mass is 9.63. The molecular weight excluding hydrogens is 963 g/mol. The van der Waals surface area contributed by atoms with E-state index in [1.54, 1.807) is 34.3 Å². The van der Waals surface area contributed by atoms with Crippen LogP contribution in [0.15, 0.2) is 73.3 Å². The van der Waals surface area contributed by atoms with Crippen LogP contribution >= 0.6 is 0 Å². The molecule has 6 aromatic rings. The standard InChI is InChI=1S/C28H33FN6O3.C27H31FN6O3/c1-26(2,37)24(29)17-32-25(36)20-16-31-22(23-5-4-19-12-18(14-30)15-33-35(19)23)13-21(20)34-27-6-9-28(38-3,10-7-27)11-8-27;1-25(2,36)23(28)16-31-24(35)19-15-30-21(22-4-3-18-11-17(13-29)14-32-34(18)22)12-20(19)33-26-5-8-27(37,9-6-26)10-7-26/h4-5,12-13,15-16,24,37H,6-11,17H2,1-3H3,(H,31,34)(H,32,36);3-4,11-12,14-15,23,36-37H,5-10,16H2,1-2H3,(H,30,33)(H,31,35)/t24-,27?,28?;23-,26?,27?/m11/s1. The fourth-order valence-corrected chi connectivity index (χ4v) is 10.9. The van der Waals surface area contributed by atoms with Crippen molar-refractivity contribution in [2.45, 2.75) is 151 Å². The number of aromatic nitrogens is 6. The van der Waals surface area contributed by atoms with E-state index in [-0.39, 0.29) is 35.3 Å². The lowest BCUT2D eigenvalue weighted by Gasteiger charge is -2.53. The van der Waals surface area contributed by atoms with Crippen molar-refractivity contribution < 1.29 is 38.4 Å². The lowest BCUT2D eigenvalue weighted by molar-refractivity contribution is -0.0889. The van der Waals surface area contributed by atoms with Gasteiger partial charge in [0.25, 0.3) is 11.8 Å². The molecule has 6 fully saturated rings. The van der Waals surface area contributed by atoms with Gasteiger partial charge in [-0.15, -0.1) is 0 Å². The van der Waals surface area contributed by atoms with Crippen molar-refractivity contribution in [1.29, 1.82) is 10.5 Å². The van der Waals surface area contributed by atoms with Crippen LogP contribution in [-0.4, -0.2) is 122 Å². The topological polar surface area (TPSA) is 260 Å². The summed E-state index contributed by atoms with van der Waals surface area (Å²) in [6.07, 6.45) is 12.7. The maximum absolute atomic E-state index is 14.4. The fraction of sp³-hybridized carbons (Fsp3) is 0.491. The van der Waals surface area contributed by atoms with Gasteiger partial charge in [-0.2, -0.15) is 20.7 Å². The van der Waals surface area contributed by atoms with E-state index in [4.69, 9.17) is 4.74 Å². The summed E-state index contributed by atoms with van der Waals surface area (Å²) >= 11 is 0.